The van der Waals surface area contributed by atoms with Gasteiger partial charge >= 0.3 is 0 Å². The summed E-state index contributed by atoms with van der Waals surface area (Å²) in [7, 11) is -2.98. The molecule has 0 radical (unpaired) electrons. The van der Waals surface area contributed by atoms with Gasteiger partial charge in [-0.1, -0.05) is 36.7 Å². The lowest BCUT2D eigenvalue weighted by Crippen LogP contribution is -2.50. The summed E-state index contributed by atoms with van der Waals surface area (Å²) in [4.78, 5) is 2.16. The van der Waals surface area contributed by atoms with Crippen molar-refractivity contribution in [2.24, 2.45) is 11.3 Å². The van der Waals surface area contributed by atoms with Gasteiger partial charge in [0.2, 0.25) is 0 Å². The Balaban J connectivity index is 2.79. The molecule has 0 aromatic carbocycles. The molecule has 0 N–H and O–H groups in total. The van der Waals surface area contributed by atoms with Gasteiger partial charge in [-0.15, -0.1) is 0 Å². The fourth-order valence-electron chi connectivity index (χ4n) is 2.06. The van der Waals surface area contributed by atoms with E-state index in [9.17, 15) is 8.42 Å². The first-order valence-electron chi connectivity index (χ1n) is 6.23. The van der Waals surface area contributed by atoms with E-state index in [4.69, 9.17) is 0 Å². The molecule has 1 rings (SSSR count). The van der Waals surface area contributed by atoms with Crippen LogP contribution in [-0.4, -0.2) is 54.9 Å². The van der Waals surface area contributed by atoms with Crippen LogP contribution < -0.4 is 0 Å². The predicted octanol–water partition coefficient (Wildman–Crippen LogP) is 2.46. The Morgan fingerprint density at radius 3 is 2.50 bits per heavy atom. The maximum atomic E-state index is 11.8. The Kier molecular flexibility index (Phi) is 6.03. The summed E-state index contributed by atoms with van der Waals surface area (Å²) in [6.07, 6.45) is 1.36. The summed E-state index contributed by atoms with van der Waals surface area (Å²) < 4.78 is 23.7. The SMILES string of the molecule is CC(C)(C)C(CBr)CN1CCSCC1S(C)(=O)=O. The minimum atomic E-state index is -2.98. The lowest BCUT2D eigenvalue weighted by molar-refractivity contribution is 0.163. The van der Waals surface area contributed by atoms with Gasteiger partial charge in [-0.2, -0.15) is 11.8 Å². The van der Waals surface area contributed by atoms with Crippen LogP contribution in [0, 0.1) is 11.3 Å². The zero-order valence-electron chi connectivity index (χ0n) is 11.6. The average Bonchev–Trinajstić information content (AvgIpc) is 2.23. The summed E-state index contributed by atoms with van der Waals surface area (Å²) in [6.45, 7) is 8.38. The summed E-state index contributed by atoms with van der Waals surface area (Å²) in [6, 6.07) is 0. The molecule has 2 unspecified atom stereocenters. The second-order valence-corrected chi connectivity index (χ2v) is 10.1. The fourth-order valence-corrected chi connectivity index (χ4v) is 6.18. The molecule has 1 heterocycles. The van der Waals surface area contributed by atoms with Crippen LogP contribution in [-0.2, 0) is 9.84 Å². The molecule has 2 atom stereocenters. The molecule has 1 aliphatic heterocycles. The van der Waals surface area contributed by atoms with Gasteiger partial charge in [0.1, 0.15) is 5.37 Å². The first kappa shape index (κ1) is 16.8. The lowest BCUT2D eigenvalue weighted by atomic mass is 9.82. The van der Waals surface area contributed by atoms with Crippen molar-refractivity contribution >= 4 is 37.5 Å². The quantitative estimate of drug-likeness (QED) is 0.724. The predicted molar refractivity (Wildman–Crippen MR) is 84.3 cm³/mol. The summed E-state index contributed by atoms with van der Waals surface area (Å²) in [5, 5.41) is 0.608. The third-order valence-corrected chi connectivity index (χ3v) is 7.02. The van der Waals surface area contributed by atoms with Crippen molar-refractivity contribution in [2.75, 3.05) is 36.2 Å². The molecule has 6 heteroatoms. The van der Waals surface area contributed by atoms with Crippen molar-refractivity contribution in [3.05, 3.63) is 0 Å². The highest BCUT2D eigenvalue weighted by Crippen LogP contribution is 2.30. The number of alkyl halides is 1. The molecule has 0 aliphatic carbocycles. The van der Waals surface area contributed by atoms with E-state index in [0.717, 1.165) is 24.2 Å². The molecule has 18 heavy (non-hydrogen) atoms. The van der Waals surface area contributed by atoms with Crippen molar-refractivity contribution in [1.82, 2.24) is 4.90 Å². The van der Waals surface area contributed by atoms with Crippen LogP contribution in [0.2, 0.25) is 0 Å². The Bertz CT molecular complexity index is 365. The van der Waals surface area contributed by atoms with Crippen LogP contribution in [0.25, 0.3) is 0 Å². The first-order valence-corrected chi connectivity index (χ1v) is 10.5. The average molecular weight is 358 g/mol. The summed E-state index contributed by atoms with van der Waals surface area (Å²) in [5.74, 6) is 2.20. The molecule has 0 amide bonds. The molecule has 1 fully saturated rings. The van der Waals surface area contributed by atoms with E-state index in [-0.39, 0.29) is 10.8 Å². The lowest BCUT2D eigenvalue weighted by Gasteiger charge is -2.39. The van der Waals surface area contributed by atoms with Gasteiger partial charge in [0.05, 0.1) is 0 Å². The van der Waals surface area contributed by atoms with E-state index in [0.29, 0.717) is 11.7 Å². The fraction of sp³-hybridized carbons (Fsp3) is 1.00. The van der Waals surface area contributed by atoms with Crippen LogP contribution >= 0.6 is 27.7 Å². The monoisotopic (exact) mass is 357 g/mol. The minimum absolute atomic E-state index is 0.191. The van der Waals surface area contributed by atoms with E-state index in [2.05, 4.69) is 41.6 Å². The Morgan fingerprint density at radius 1 is 1.44 bits per heavy atom. The van der Waals surface area contributed by atoms with E-state index in [1.54, 1.807) is 11.8 Å². The third-order valence-electron chi connectivity index (χ3n) is 3.55. The van der Waals surface area contributed by atoms with Gasteiger partial charge in [-0.25, -0.2) is 8.42 Å². The van der Waals surface area contributed by atoms with Crippen molar-refractivity contribution in [1.29, 1.82) is 0 Å². The van der Waals surface area contributed by atoms with Crippen LogP contribution in [0.5, 0.6) is 0 Å². The highest BCUT2D eigenvalue weighted by molar-refractivity contribution is 9.09. The molecule has 108 valence electrons. The third kappa shape index (κ3) is 4.69. The smallest absolute Gasteiger partial charge is 0.164 e. The maximum absolute atomic E-state index is 11.8. The zero-order chi connectivity index (χ0) is 14.0. The minimum Gasteiger partial charge on any atom is -0.285 e. The number of sulfone groups is 1. The van der Waals surface area contributed by atoms with Crippen LogP contribution in [0.1, 0.15) is 20.8 Å². The van der Waals surface area contributed by atoms with Crippen molar-refractivity contribution in [3.8, 4) is 0 Å². The van der Waals surface area contributed by atoms with E-state index < -0.39 is 9.84 Å². The van der Waals surface area contributed by atoms with Gasteiger partial charge in [0.15, 0.2) is 9.84 Å². The Labute approximate surface area is 124 Å². The Hall–Kier alpha value is 0.740. The van der Waals surface area contributed by atoms with E-state index in [1.807, 2.05) is 0 Å². The zero-order valence-corrected chi connectivity index (χ0v) is 14.9. The summed E-state index contributed by atoms with van der Waals surface area (Å²) in [5.41, 5.74) is 0.191. The maximum Gasteiger partial charge on any atom is 0.164 e. The number of hydrogen-bond acceptors (Lipinski definition) is 4. The van der Waals surface area contributed by atoms with E-state index in [1.165, 1.54) is 6.26 Å². The van der Waals surface area contributed by atoms with Gasteiger partial charge in [0, 0.05) is 36.2 Å². The molecule has 0 saturated carbocycles. The highest BCUT2D eigenvalue weighted by Gasteiger charge is 2.34. The van der Waals surface area contributed by atoms with Crippen molar-refractivity contribution in [3.63, 3.8) is 0 Å². The van der Waals surface area contributed by atoms with Crippen molar-refractivity contribution < 1.29 is 8.42 Å². The second-order valence-electron chi connectivity index (χ2n) is 6.07. The number of thioether (sulfide) groups is 1. The van der Waals surface area contributed by atoms with Gasteiger partial charge in [-0.3, -0.25) is 4.90 Å². The standard InChI is InChI=1S/C12H24BrNO2S2/c1-12(2,3)10(7-13)8-14-5-6-17-9-11(14)18(4,15)16/h10-11H,5-9H2,1-4H3. The van der Waals surface area contributed by atoms with E-state index >= 15 is 0 Å². The van der Waals surface area contributed by atoms with Crippen LogP contribution in [0.4, 0.5) is 0 Å². The van der Waals surface area contributed by atoms with Gasteiger partial charge in [0.25, 0.3) is 0 Å². The molecule has 0 aromatic rings. The van der Waals surface area contributed by atoms with Crippen LogP contribution in [0.15, 0.2) is 0 Å². The number of rotatable bonds is 4. The molecule has 1 saturated heterocycles. The number of halogens is 1. The molecule has 3 nitrogen and oxygen atoms in total. The Morgan fingerprint density at radius 2 is 2.06 bits per heavy atom. The van der Waals surface area contributed by atoms with Crippen molar-refractivity contribution in [2.45, 2.75) is 26.1 Å². The van der Waals surface area contributed by atoms with Crippen LogP contribution in [0.3, 0.4) is 0 Å². The molecule has 1 aliphatic rings. The van der Waals surface area contributed by atoms with Gasteiger partial charge < -0.3 is 0 Å². The largest absolute Gasteiger partial charge is 0.285 e. The first-order chi connectivity index (χ1) is 8.16. The highest BCUT2D eigenvalue weighted by atomic mass is 79.9. The number of nitrogens with zero attached hydrogens (tertiary/aromatic N) is 1. The molecule has 0 aromatic heterocycles. The number of hydrogen-bond donors (Lipinski definition) is 0. The normalized spacial score (nSPS) is 25.1. The molecule has 0 bridgehead atoms. The topological polar surface area (TPSA) is 37.4 Å². The second kappa shape index (κ2) is 6.46. The summed E-state index contributed by atoms with van der Waals surface area (Å²) >= 11 is 5.31. The molecular formula is C12H24BrNO2S2. The van der Waals surface area contributed by atoms with Gasteiger partial charge in [-0.05, 0) is 11.3 Å². The molecule has 0 spiro atoms. The molecular weight excluding hydrogens is 334 g/mol.